The lowest BCUT2D eigenvalue weighted by Crippen LogP contribution is -2.51. The molecule has 0 aliphatic heterocycles. The van der Waals surface area contributed by atoms with Crippen LogP contribution < -0.4 is 0 Å². The van der Waals surface area contributed by atoms with Crippen LogP contribution >= 0.6 is 0 Å². The molecule has 1 fully saturated rings. The van der Waals surface area contributed by atoms with Gasteiger partial charge in [0.15, 0.2) is 0 Å². The zero-order chi connectivity index (χ0) is 14.4. The summed E-state index contributed by atoms with van der Waals surface area (Å²) in [7, 11) is 0. The Labute approximate surface area is 114 Å². The molecule has 0 heterocycles. The zero-order valence-corrected chi connectivity index (χ0v) is 11.8. The summed E-state index contributed by atoms with van der Waals surface area (Å²) in [6, 6.07) is 0. The second-order valence-electron chi connectivity index (χ2n) is 6.53. The first-order valence-electron chi connectivity index (χ1n) is 7.05. The first kappa shape index (κ1) is 14.5. The van der Waals surface area contributed by atoms with Crippen LogP contribution in [0, 0.1) is 23.7 Å². The Morgan fingerprint density at radius 2 is 2.16 bits per heavy atom. The van der Waals surface area contributed by atoms with E-state index in [1.807, 2.05) is 19.9 Å². The maximum Gasteiger partial charge on any atom is 0.306 e. The summed E-state index contributed by atoms with van der Waals surface area (Å²) in [5, 5.41) is 29.8. The van der Waals surface area contributed by atoms with Crippen LogP contribution in [0.15, 0.2) is 11.6 Å². The molecular weight excluding hydrogens is 244 g/mol. The third kappa shape index (κ3) is 2.56. The van der Waals surface area contributed by atoms with Crippen molar-refractivity contribution >= 4 is 5.97 Å². The van der Waals surface area contributed by atoms with Crippen molar-refractivity contribution < 1.29 is 20.1 Å². The summed E-state index contributed by atoms with van der Waals surface area (Å²) in [5.41, 5.74) is 0.0962. The Hall–Kier alpha value is -0.870. The lowest BCUT2D eigenvalue weighted by molar-refractivity contribution is -0.148. The summed E-state index contributed by atoms with van der Waals surface area (Å²) in [5.74, 6) is -1.14. The molecule has 4 nitrogen and oxygen atoms in total. The van der Waals surface area contributed by atoms with Crippen LogP contribution in [0.4, 0.5) is 0 Å². The molecule has 0 spiro atoms. The molecule has 0 saturated heterocycles. The molecule has 2 aliphatic rings. The predicted octanol–water partition coefficient (Wildman–Crippen LogP) is 1.81. The lowest BCUT2D eigenvalue weighted by atomic mass is 9.58. The fourth-order valence-electron chi connectivity index (χ4n) is 3.81. The van der Waals surface area contributed by atoms with E-state index in [-0.39, 0.29) is 17.8 Å². The van der Waals surface area contributed by atoms with E-state index >= 15 is 0 Å². The van der Waals surface area contributed by atoms with Crippen LogP contribution in [0.3, 0.4) is 0 Å². The number of aliphatic carboxylic acids is 1. The number of hydrogen-bond acceptors (Lipinski definition) is 3. The summed E-state index contributed by atoms with van der Waals surface area (Å²) in [6.45, 7) is 5.44. The van der Waals surface area contributed by atoms with E-state index in [1.165, 1.54) is 0 Å². The van der Waals surface area contributed by atoms with E-state index in [9.17, 15) is 20.1 Å². The van der Waals surface area contributed by atoms with Gasteiger partial charge in [0.1, 0.15) is 0 Å². The Morgan fingerprint density at radius 1 is 1.53 bits per heavy atom. The van der Waals surface area contributed by atoms with Gasteiger partial charge in [0, 0.05) is 0 Å². The average Bonchev–Trinajstić information content (AvgIpc) is 2.31. The van der Waals surface area contributed by atoms with Gasteiger partial charge in [-0.05, 0) is 56.4 Å². The Kier molecular flexibility index (Phi) is 3.76. The first-order valence-corrected chi connectivity index (χ1v) is 7.05. The van der Waals surface area contributed by atoms with Crippen molar-refractivity contribution in [1.82, 2.24) is 0 Å². The molecule has 2 aliphatic carbocycles. The molecule has 0 aromatic rings. The molecule has 0 radical (unpaired) electrons. The second-order valence-corrected chi connectivity index (χ2v) is 6.53. The van der Waals surface area contributed by atoms with Crippen LogP contribution in [0.1, 0.15) is 40.0 Å². The monoisotopic (exact) mass is 268 g/mol. The maximum atomic E-state index is 11.2. The van der Waals surface area contributed by atoms with E-state index in [0.29, 0.717) is 12.8 Å². The fraction of sp³-hybridized carbons (Fsp3) is 0.800. The van der Waals surface area contributed by atoms with Crippen molar-refractivity contribution in [2.45, 2.75) is 51.7 Å². The van der Waals surface area contributed by atoms with Crippen LogP contribution in [-0.4, -0.2) is 33.0 Å². The number of aliphatic hydroxyl groups is 2. The summed E-state index contributed by atoms with van der Waals surface area (Å²) < 4.78 is 0. The molecule has 2 rings (SSSR count). The van der Waals surface area contributed by atoms with Gasteiger partial charge in [-0.3, -0.25) is 4.79 Å². The number of carboxylic acid groups (broad SMARTS) is 1. The molecule has 19 heavy (non-hydrogen) atoms. The Morgan fingerprint density at radius 3 is 2.74 bits per heavy atom. The minimum absolute atomic E-state index is 0.0465. The van der Waals surface area contributed by atoms with Crippen LogP contribution in [0.2, 0.25) is 0 Å². The van der Waals surface area contributed by atoms with E-state index in [1.54, 1.807) is 6.92 Å². The van der Waals surface area contributed by atoms with E-state index in [4.69, 9.17) is 0 Å². The molecule has 3 N–H and O–H groups in total. The number of fused-ring (bicyclic) bond motifs is 1. The topological polar surface area (TPSA) is 77.8 Å². The Balaban J connectivity index is 2.33. The van der Waals surface area contributed by atoms with Crippen molar-refractivity contribution in [3.8, 4) is 0 Å². The van der Waals surface area contributed by atoms with E-state index < -0.39 is 23.6 Å². The molecule has 0 bridgehead atoms. The van der Waals surface area contributed by atoms with Crippen LogP contribution in [0.5, 0.6) is 0 Å². The molecule has 0 unspecified atom stereocenters. The van der Waals surface area contributed by atoms with Gasteiger partial charge in [-0.25, -0.2) is 0 Å². The minimum Gasteiger partial charge on any atom is -0.481 e. The largest absolute Gasteiger partial charge is 0.481 e. The molecule has 1 saturated carbocycles. The zero-order valence-electron chi connectivity index (χ0n) is 11.8. The third-order valence-electron chi connectivity index (χ3n) is 5.23. The normalized spacial score (nSPS) is 44.2. The first-order chi connectivity index (χ1) is 8.74. The van der Waals surface area contributed by atoms with Crippen LogP contribution in [-0.2, 0) is 4.79 Å². The van der Waals surface area contributed by atoms with Crippen molar-refractivity contribution in [3.05, 3.63) is 11.6 Å². The number of rotatable bonds is 2. The molecule has 0 amide bonds. The van der Waals surface area contributed by atoms with Crippen molar-refractivity contribution in [2.24, 2.45) is 23.7 Å². The second kappa shape index (κ2) is 4.91. The number of hydrogen-bond donors (Lipinski definition) is 3. The lowest BCUT2D eigenvalue weighted by Gasteiger charge is -2.50. The third-order valence-corrected chi connectivity index (χ3v) is 5.23. The molecule has 0 aromatic heterocycles. The summed E-state index contributed by atoms with van der Waals surface area (Å²) in [6.07, 6.45) is 3.35. The standard InChI is InChI=1S/C15H24O4/c1-8-6-11-10(9(2)14(17)18)4-5-15(3,19)12(11)7-13(8)16/h6,9-13,16,19H,4-5,7H2,1-3H3,(H,17,18)/t9-,10+,11+,12-,13+,15-/m1/s1. The molecule has 6 atom stereocenters. The van der Waals surface area contributed by atoms with Gasteiger partial charge in [0.05, 0.1) is 17.6 Å². The molecule has 0 aromatic carbocycles. The smallest absolute Gasteiger partial charge is 0.306 e. The van der Waals surface area contributed by atoms with Gasteiger partial charge in [0.25, 0.3) is 0 Å². The van der Waals surface area contributed by atoms with Gasteiger partial charge in [-0.2, -0.15) is 0 Å². The van der Waals surface area contributed by atoms with Gasteiger partial charge >= 0.3 is 5.97 Å². The van der Waals surface area contributed by atoms with Gasteiger partial charge < -0.3 is 15.3 Å². The maximum absolute atomic E-state index is 11.2. The quantitative estimate of drug-likeness (QED) is 0.667. The molecular formula is C15H24O4. The number of allylic oxidation sites excluding steroid dienone is 1. The summed E-state index contributed by atoms with van der Waals surface area (Å²) in [4.78, 5) is 11.2. The van der Waals surface area contributed by atoms with Gasteiger partial charge in [-0.15, -0.1) is 0 Å². The minimum atomic E-state index is -0.808. The SMILES string of the molecule is CC1=C[C@H]2[C@H]([C@@H](C)C(=O)O)CC[C@@](C)(O)[C@@H]2C[C@@H]1O. The summed E-state index contributed by atoms with van der Waals surface area (Å²) >= 11 is 0. The fourth-order valence-corrected chi connectivity index (χ4v) is 3.81. The number of aliphatic hydroxyl groups excluding tert-OH is 1. The van der Waals surface area contributed by atoms with Gasteiger partial charge in [0.2, 0.25) is 0 Å². The average molecular weight is 268 g/mol. The Bertz CT molecular complexity index is 399. The van der Waals surface area contributed by atoms with Gasteiger partial charge in [-0.1, -0.05) is 13.0 Å². The number of carboxylic acids is 1. The van der Waals surface area contributed by atoms with Crippen molar-refractivity contribution in [2.75, 3.05) is 0 Å². The predicted molar refractivity (Wildman–Crippen MR) is 71.5 cm³/mol. The highest BCUT2D eigenvalue weighted by molar-refractivity contribution is 5.70. The van der Waals surface area contributed by atoms with E-state index in [0.717, 1.165) is 12.0 Å². The van der Waals surface area contributed by atoms with Crippen molar-refractivity contribution in [1.29, 1.82) is 0 Å². The highest BCUT2D eigenvalue weighted by atomic mass is 16.4. The van der Waals surface area contributed by atoms with Crippen molar-refractivity contribution in [3.63, 3.8) is 0 Å². The number of carbonyl (C=O) groups is 1. The highest BCUT2D eigenvalue weighted by Crippen LogP contribution is 2.49. The van der Waals surface area contributed by atoms with Crippen LogP contribution in [0.25, 0.3) is 0 Å². The molecule has 108 valence electrons. The highest BCUT2D eigenvalue weighted by Gasteiger charge is 2.49. The van der Waals surface area contributed by atoms with E-state index in [2.05, 4.69) is 0 Å². The molecule has 4 heteroatoms.